The molecule has 1 amide bonds. The van der Waals surface area contributed by atoms with Gasteiger partial charge in [0.1, 0.15) is 5.75 Å². The summed E-state index contributed by atoms with van der Waals surface area (Å²) in [5.41, 5.74) is 0. The van der Waals surface area contributed by atoms with Crippen molar-refractivity contribution in [1.29, 1.82) is 0 Å². The normalized spacial score (nSPS) is 18.7. The zero-order valence-electron chi connectivity index (χ0n) is 15.3. The van der Waals surface area contributed by atoms with Crippen LogP contribution in [0.25, 0.3) is 0 Å². The van der Waals surface area contributed by atoms with Crippen molar-refractivity contribution >= 4 is 15.7 Å². The lowest BCUT2D eigenvalue weighted by molar-refractivity contribution is -0.132. The molecule has 0 spiro atoms. The van der Waals surface area contributed by atoms with Crippen molar-refractivity contribution in [1.82, 2.24) is 10.2 Å². The van der Waals surface area contributed by atoms with Crippen LogP contribution >= 0.6 is 0 Å². The van der Waals surface area contributed by atoms with Crippen LogP contribution in [0, 0.1) is 5.92 Å². The molecule has 1 saturated carbocycles. The molecule has 0 bridgehead atoms. The maximum absolute atomic E-state index is 12.3. The van der Waals surface area contributed by atoms with Crippen molar-refractivity contribution < 1.29 is 17.9 Å². The summed E-state index contributed by atoms with van der Waals surface area (Å²) in [4.78, 5) is 14.5. The van der Waals surface area contributed by atoms with Gasteiger partial charge in [0.15, 0.2) is 9.84 Å². The summed E-state index contributed by atoms with van der Waals surface area (Å²) in [5.74, 6) is 1.59. The first-order chi connectivity index (χ1) is 12.4. The maximum atomic E-state index is 12.3. The molecule has 1 aromatic carbocycles. The first kappa shape index (κ1) is 19.2. The van der Waals surface area contributed by atoms with E-state index < -0.39 is 9.84 Å². The molecule has 3 rings (SSSR count). The molecule has 26 heavy (non-hydrogen) atoms. The monoisotopic (exact) mass is 380 g/mol. The molecule has 1 saturated heterocycles. The second-order valence-corrected chi connectivity index (χ2v) is 9.36. The molecule has 144 valence electrons. The lowest BCUT2D eigenvalue weighted by atomic mass is 10.0. The average Bonchev–Trinajstić information content (AvgIpc) is 3.44. The largest absolute Gasteiger partial charge is 0.493 e. The number of carbonyl (C=O) groups is 1. The minimum Gasteiger partial charge on any atom is -0.493 e. The Bertz CT molecular complexity index is 706. The van der Waals surface area contributed by atoms with E-state index in [4.69, 9.17) is 4.74 Å². The topological polar surface area (TPSA) is 75.7 Å². The Hall–Kier alpha value is -1.60. The summed E-state index contributed by atoms with van der Waals surface area (Å²) in [5, 5.41) is 3.62. The van der Waals surface area contributed by atoms with Crippen LogP contribution in [0.4, 0.5) is 0 Å². The maximum Gasteiger partial charge on any atom is 0.225 e. The molecule has 1 aliphatic carbocycles. The van der Waals surface area contributed by atoms with Crippen LogP contribution < -0.4 is 10.1 Å². The lowest BCUT2D eigenvalue weighted by Gasteiger charge is -2.32. The second-order valence-electron chi connectivity index (χ2n) is 7.35. The quantitative estimate of drug-likeness (QED) is 0.745. The number of nitrogens with zero attached hydrogens (tertiary/aromatic N) is 1. The van der Waals surface area contributed by atoms with Gasteiger partial charge in [-0.2, -0.15) is 0 Å². The van der Waals surface area contributed by atoms with Gasteiger partial charge in [-0.05, 0) is 62.4 Å². The number of likely N-dealkylation sites (tertiary alicyclic amines) is 1. The van der Waals surface area contributed by atoms with Gasteiger partial charge in [-0.3, -0.25) is 4.79 Å². The van der Waals surface area contributed by atoms with Gasteiger partial charge in [-0.25, -0.2) is 8.42 Å². The lowest BCUT2D eigenvalue weighted by Crippen LogP contribution is -2.45. The molecule has 7 heteroatoms. The highest BCUT2D eigenvalue weighted by Crippen LogP contribution is 2.28. The number of rotatable bonds is 8. The standard InChI is InChI=1S/C19H28N2O4S/c1-26(23,24)18-6-4-17(5-7-18)25-13-10-19(22)21-11-8-16(9-12-21)20-14-15-2-3-15/h4-7,15-16,20H,2-3,8-14H2,1H3. The van der Waals surface area contributed by atoms with Crippen LogP contribution in [0.2, 0.25) is 0 Å². The van der Waals surface area contributed by atoms with Crippen LogP contribution in [0.1, 0.15) is 32.1 Å². The molecule has 1 N–H and O–H groups in total. The van der Waals surface area contributed by atoms with E-state index in [-0.39, 0.29) is 10.8 Å². The molecule has 2 fully saturated rings. The highest BCUT2D eigenvalue weighted by molar-refractivity contribution is 7.90. The summed E-state index contributed by atoms with van der Waals surface area (Å²) in [6, 6.07) is 6.83. The highest BCUT2D eigenvalue weighted by Gasteiger charge is 2.25. The van der Waals surface area contributed by atoms with E-state index in [1.165, 1.54) is 31.2 Å². The zero-order valence-corrected chi connectivity index (χ0v) is 16.1. The average molecular weight is 381 g/mol. The van der Waals surface area contributed by atoms with E-state index in [2.05, 4.69) is 5.32 Å². The van der Waals surface area contributed by atoms with Gasteiger partial charge >= 0.3 is 0 Å². The summed E-state index contributed by atoms with van der Waals surface area (Å²) in [7, 11) is -3.20. The van der Waals surface area contributed by atoms with E-state index in [0.717, 1.165) is 38.4 Å². The van der Waals surface area contributed by atoms with Crippen molar-refractivity contribution in [3.05, 3.63) is 24.3 Å². The fraction of sp³-hybridized carbons (Fsp3) is 0.632. The van der Waals surface area contributed by atoms with Crippen molar-refractivity contribution in [2.75, 3.05) is 32.5 Å². The van der Waals surface area contributed by atoms with Gasteiger partial charge in [0.05, 0.1) is 17.9 Å². The fourth-order valence-electron chi connectivity index (χ4n) is 3.19. The number of nitrogens with one attached hydrogen (secondary N) is 1. The third-order valence-corrected chi connectivity index (χ3v) is 6.20. The van der Waals surface area contributed by atoms with Crippen LogP contribution in [0.5, 0.6) is 5.75 Å². The number of benzene rings is 1. The molecular formula is C19H28N2O4S. The third-order valence-electron chi connectivity index (χ3n) is 5.08. The Morgan fingerprint density at radius 1 is 1.15 bits per heavy atom. The van der Waals surface area contributed by atoms with Gasteiger partial charge in [0.25, 0.3) is 0 Å². The van der Waals surface area contributed by atoms with Crippen LogP contribution in [-0.2, 0) is 14.6 Å². The first-order valence-electron chi connectivity index (χ1n) is 9.36. The summed E-state index contributed by atoms with van der Waals surface area (Å²) >= 11 is 0. The molecule has 2 aliphatic rings. The SMILES string of the molecule is CS(=O)(=O)c1ccc(OCCC(=O)N2CCC(NCC3CC3)CC2)cc1. The van der Waals surface area contributed by atoms with Gasteiger partial charge in [0, 0.05) is 25.4 Å². The summed E-state index contributed by atoms with van der Waals surface area (Å²) < 4.78 is 28.4. The Balaban J connectivity index is 1.35. The number of ether oxygens (including phenoxy) is 1. The molecule has 6 nitrogen and oxygen atoms in total. The molecule has 1 aliphatic heterocycles. The van der Waals surface area contributed by atoms with E-state index in [9.17, 15) is 13.2 Å². The van der Waals surface area contributed by atoms with Gasteiger partial charge in [0.2, 0.25) is 5.91 Å². The van der Waals surface area contributed by atoms with Crippen molar-refractivity contribution in [2.24, 2.45) is 5.92 Å². The number of amides is 1. The minimum atomic E-state index is -3.20. The predicted octanol–water partition coefficient (Wildman–Crippen LogP) is 1.85. The second kappa shape index (κ2) is 8.39. The molecule has 0 atom stereocenters. The molecule has 0 aromatic heterocycles. The predicted molar refractivity (Wildman–Crippen MR) is 100.0 cm³/mol. The molecule has 0 radical (unpaired) electrons. The van der Waals surface area contributed by atoms with E-state index in [0.29, 0.717) is 24.8 Å². The van der Waals surface area contributed by atoms with Crippen LogP contribution in [0.3, 0.4) is 0 Å². The highest BCUT2D eigenvalue weighted by atomic mass is 32.2. The van der Waals surface area contributed by atoms with E-state index >= 15 is 0 Å². The van der Waals surface area contributed by atoms with Gasteiger partial charge in [-0.1, -0.05) is 0 Å². The van der Waals surface area contributed by atoms with Crippen LogP contribution in [0.15, 0.2) is 29.2 Å². The van der Waals surface area contributed by atoms with Gasteiger partial charge in [-0.15, -0.1) is 0 Å². The minimum absolute atomic E-state index is 0.124. The Morgan fingerprint density at radius 3 is 2.38 bits per heavy atom. The summed E-state index contributed by atoms with van der Waals surface area (Å²) in [6.07, 6.45) is 6.28. The number of piperidine rings is 1. The summed E-state index contributed by atoms with van der Waals surface area (Å²) in [6.45, 7) is 3.05. The van der Waals surface area contributed by atoms with Crippen LogP contribution in [-0.4, -0.2) is 57.8 Å². The fourth-order valence-corrected chi connectivity index (χ4v) is 3.82. The van der Waals surface area contributed by atoms with E-state index in [1.807, 2.05) is 4.90 Å². The molecule has 0 unspecified atom stereocenters. The molecule has 1 heterocycles. The van der Waals surface area contributed by atoms with Gasteiger partial charge < -0.3 is 15.0 Å². The molecule has 1 aromatic rings. The van der Waals surface area contributed by atoms with Crippen molar-refractivity contribution in [3.63, 3.8) is 0 Å². The number of hydrogen-bond donors (Lipinski definition) is 1. The smallest absolute Gasteiger partial charge is 0.225 e. The third kappa shape index (κ3) is 5.71. The Labute approximate surface area is 155 Å². The Morgan fingerprint density at radius 2 is 1.81 bits per heavy atom. The number of carbonyl (C=O) groups excluding carboxylic acids is 1. The van der Waals surface area contributed by atoms with Crippen molar-refractivity contribution in [2.45, 2.75) is 43.0 Å². The number of sulfone groups is 1. The van der Waals surface area contributed by atoms with E-state index in [1.54, 1.807) is 12.1 Å². The first-order valence-corrected chi connectivity index (χ1v) is 11.2. The molecular weight excluding hydrogens is 352 g/mol. The van der Waals surface area contributed by atoms with Crippen molar-refractivity contribution in [3.8, 4) is 5.75 Å². The Kier molecular flexibility index (Phi) is 6.19. The zero-order chi connectivity index (χ0) is 18.6. The number of hydrogen-bond acceptors (Lipinski definition) is 5.